The van der Waals surface area contributed by atoms with Crippen molar-refractivity contribution in [3.05, 3.63) is 34.9 Å². The van der Waals surface area contributed by atoms with Crippen LogP contribution in [0.3, 0.4) is 0 Å². The van der Waals surface area contributed by atoms with E-state index >= 15 is 0 Å². The van der Waals surface area contributed by atoms with Crippen LogP contribution >= 0.6 is 11.6 Å². The first-order chi connectivity index (χ1) is 7.58. The molecular weight excluding hydrogens is 222 g/mol. The molecule has 0 spiro atoms. The lowest BCUT2D eigenvalue weighted by molar-refractivity contribution is 0.0856. The highest BCUT2D eigenvalue weighted by Gasteiger charge is 2.28. The fraction of sp³-hybridized carbons (Fsp3) is 0.538. The average Bonchev–Trinajstić information content (AvgIpc) is 2.70. The number of ether oxygens (including phenoxy) is 1. The summed E-state index contributed by atoms with van der Waals surface area (Å²) in [5, 5.41) is 0.738. The van der Waals surface area contributed by atoms with Gasteiger partial charge in [-0.2, -0.15) is 0 Å². The van der Waals surface area contributed by atoms with E-state index in [4.69, 9.17) is 22.1 Å². The van der Waals surface area contributed by atoms with Crippen LogP contribution in [0.1, 0.15) is 31.7 Å². The monoisotopic (exact) mass is 239 g/mol. The van der Waals surface area contributed by atoms with Gasteiger partial charge in [0.1, 0.15) is 0 Å². The zero-order chi connectivity index (χ0) is 11.6. The van der Waals surface area contributed by atoms with Gasteiger partial charge in [-0.1, -0.05) is 23.7 Å². The summed E-state index contributed by atoms with van der Waals surface area (Å²) in [6.07, 6.45) is 3.42. The van der Waals surface area contributed by atoms with Crippen LogP contribution < -0.4 is 5.73 Å². The molecule has 1 aliphatic rings. The van der Waals surface area contributed by atoms with Crippen molar-refractivity contribution in [2.75, 3.05) is 6.61 Å². The zero-order valence-electron chi connectivity index (χ0n) is 9.58. The Hall–Kier alpha value is -0.570. The first kappa shape index (κ1) is 11.9. The minimum Gasteiger partial charge on any atom is -0.378 e. The quantitative estimate of drug-likeness (QED) is 0.880. The van der Waals surface area contributed by atoms with Crippen molar-refractivity contribution in [1.82, 2.24) is 0 Å². The van der Waals surface area contributed by atoms with E-state index in [0.29, 0.717) is 6.10 Å². The number of nitrogens with two attached hydrogens (primary N) is 1. The fourth-order valence-corrected chi connectivity index (χ4v) is 2.43. The van der Waals surface area contributed by atoms with Crippen molar-refractivity contribution in [3.8, 4) is 0 Å². The summed E-state index contributed by atoms with van der Waals surface area (Å²) in [4.78, 5) is 0. The molecule has 0 saturated carbocycles. The Kier molecular flexibility index (Phi) is 3.53. The Morgan fingerprint density at radius 3 is 3.00 bits per heavy atom. The van der Waals surface area contributed by atoms with E-state index < -0.39 is 0 Å². The van der Waals surface area contributed by atoms with Crippen LogP contribution in [0.25, 0.3) is 0 Å². The number of rotatable bonds is 3. The molecule has 2 atom stereocenters. The van der Waals surface area contributed by atoms with Crippen molar-refractivity contribution in [2.24, 2.45) is 5.73 Å². The van der Waals surface area contributed by atoms with Crippen LogP contribution in [-0.2, 0) is 10.3 Å². The van der Waals surface area contributed by atoms with Gasteiger partial charge in [-0.15, -0.1) is 0 Å². The third-order valence-corrected chi connectivity index (χ3v) is 3.39. The van der Waals surface area contributed by atoms with Crippen LogP contribution in [-0.4, -0.2) is 12.7 Å². The van der Waals surface area contributed by atoms with E-state index in [-0.39, 0.29) is 5.54 Å². The van der Waals surface area contributed by atoms with Gasteiger partial charge in [-0.05, 0) is 43.9 Å². The van der Waals surface area contributed by atoms with Gasteiger partial charge in [0, 0.05) is 17.2 Å². The zero-order valence-corrected chi connectivity index (χ0v) is 10.3. The summed E-state index contributed by atoms with van der Waals surface area (Å²) in [6, 6.07) is 7.78. The predicted octanol–water partition coefficient (Wildman–Crippen LogP) is 3.08. The van der Waals surface area contributed by atoms with Crippen molar-refractivity contribution in [1.29, 1.82) is 0 Å². The molecule has 16 heavy (non-hydrogen) atoms. The summed E-state index contributed by atoms with van der Waals surface area (Å²) >= 11 is 5.98. The van der Waals surface area contributed by atoms with Crippen LogP contribution in [0.5, 0.6) is 0 Å². The Labute approximate surface area is 102 Å². The van der Waals surface area contributed by atoms with Gasteiger partial charge in [0.25, 0.3) is 0 Å². The minimum absolute atomic E-state index is 0.300. The second-order valence-corrected chi connectivity index (χ2v) is 5.20. The fourth-order valence-electron chi connectivity index (χ4n) is 2.24. The maximum absolute atomic E-state index is 6.35. The number of hydrogen-bond acceptors (Lipinski definition) is 2. The van der Waals surface area contributed by atoms with E-state index in [9.17, 15) is 0 Å². The van der Waals surface area contributed by atoms with E-state index in [0.717, 1.165) is 36.5 Å². The smallest absolute Gasteiger partial charge is 0.0596 e. The molecule has 1 saturated heterocycles. The molecule has 2 nitrogen and oxygen atoms in total. The number of hydrogen-bond donors (Lipinski definition) is 1. The number of halogens is 1. The maximum Gasteiger partial charge on any atom is 0.0596 e. The lowest BCUT2D eigenvalue weighted by atomic mass is 9.87. The highest BCUT2D eigenvalue weighted by atomic mass is 35.5. The van der Waals surface area contributed by atoms with Gasteiger partial charge in [0.05, 0.1) is 6.10 Å². The second kappa shape index (κ2) is 4.74. The van der Waals surface area contributed by atoms with Gasteiger partial charge in [-0.25, -0.2) is 0 Å². The third kappa shape index (κ3) is 2.76. The molecule has 2 rings (SSSR count). The molecule has 1 aromatic carbocycles. The topological polar surface area (TPSA) is 35.2 Å². The third-order valence-electron chi connectivity index (χ3n) is 3.16. The lowest BCUT2D eigenvalue weighted by Crippen LogP contribution is -2.36. The molecule has 1 heterocycles. The summed E-state index contributed by atoms with van der Waals surface area (Å²) < 4.78 is 5.63. The molecule has 1 aliphatic heterocycles. The van der Waals surface area contributed by atoms with Gasteiger partial charge in [0.15, 0.2) is 0 Å². The number of benzene rings is 1. The van der Waals surface area contributed by atoms with E-state index in [2.05, 4.69) is 0 Å². The maximum atomic E-state index is 6.35. The molecule has 88 valence electrons. The van der Waals surface area contributed by atoms with Gasteiger partial charge in [-0.3, -0.25) is 0 Å². The molecule has 2 unspecified atom stereocenters. The molecule has 2 N–H and O–H groups in total. The highest BCUT2D eigenvalue weighted by Crippen LogP contribution is 2.29. The van der Waals surface area contributed by atoms with Crippen LogP contribution in [0.4, 0.5) is 0 Å². The Bertz CT molecular complexity index is 359. The Morgan fingerprint density at radius 1 is 1.56 bits per heavy atom. The normalized spacial score (nSPS) is 24.3. The lowest BCUT2D eigenvalue weighted by Gasteiger charge is -2.28. The van der Waals surface area contributed by atoms with Crippen LogP contribution in [0.15, 0.2) is 24.3 Å². The van der Waals surface area contributed by atoms with Crippen LogP contribution in [0, 0.1) is 0 Å². The van der Waals surface area contributed by atoms with Crippen molar-refractivity contribution in [3.63, 3.8) is 0 Å². The molecule has 1 aromatic rings. The van der Waals surface area contributed by atoms with Crippen LogP contribution in [0.2, 0.25) is 5.02 Å². The predicted molar refractivity (Wildman–Crippen MR) is 66.6 cm³/mol. The first-order valence-electron chi connectivity index (χ1n) is 5.74. The van der Waals surface area contributed by atoms with Crippen molar-refractivity contribution >= 4 is 11.6 Å². The molecule has 0 bridgehead atoms. The Balaban J connectivity index is 2.10. The minimum atomic E-state index is -0.361. The van der Waals surface area contributed by atoms with Gasteiger partial charge >= 0.3 is 0 Å². The first-order valence-corrected chi connectivity index (χ1v) is 6.12. The van der Waals surface area contributed by atoms with Gasteiger partial charge in [0.2, 0.25) is 0 Å². The molecule has 0 aromatic heterocycles. The van der Waals surface area contributed by atoms with E-state index in [1.807, 2.05) is 31.2 Å². The summed E-state index contributed by atoms with van der Waals surface area (Å²) in [6.45, 7) is 2.91. The SMILES string of the molecule is CC(N)(CC1CCCO1)c1cccc(Cl)c1. The largest absolute Gasteiger partial charge is 0.378 e. The summed E-state index contributed by atoms with van der Waals surface area (Å²) in [5.74, 6) is 0. The van der Waals surface area contributed by atoms with E-state index in [1.54, 1.807) is 0 Å². The molecule has 1 fully saturated rings. The van der Waals surface area contributed by atoms with Crippen molar-refractivity contribution in [2.45, 2.75) is 37.8 Å². The molecular formula is C13H18ClNO. The Morgan fingerprint density at radius 2 is 2.38 bits per heavy atom. The van der Waals surface area contributed by atoms with Crippen molar-refractivity contribution < 1.29 is 4.74 Å². The molecule has 0 amide bonds. The summed E-state index contributed by atoms with van der Waals surface area (Å²) in [5.41, 5.74) is 7.07. The molecule has 0 aliphatic carbocycles. The standard InChI is InChI=1S/C13H18ClNO/c1-13(15,9-12-6-3-7-16-12)10-4-2-5-11(14)8-10/h2,4-5,8,12H,3,6-7,9,15H2,1H3. The van der Waals surface area contributed by atoms with Gasteiger partial charge < -0.3 is 10.5 Å². The van der Waals surface area contributed by atoms with E-state index in [1.165, 1.54) is 0 Å². The molecule has 0 radical (unpaired) electrons. The second-order valence-electron chi connectivity index (χ2n) is 4.77. The highest BCUT2D eigenvalue weighted by molar-refractivity contribution is 6.30. The molecule has 3 heteroatoms. The average molecular weight is 240 g/mol. The summed E-state index contributed by atoms with van der Waals surface area (Å²) in [7, 11) is 0.